The fourth-order valence-electron chi connectivity index (χ4n) is 3.72. The number of amides is 3. The summed E-state index contributed by atoms with van der Waals surface area (Å²) >= 11 is 1.14. The van der Waals surface area contributed by atoms with Crippen LogP contribution >= 0.6 is 11.3 Å². The highest BCUT2D eigenvalue weighted by molar-refractivity contribution is 7.19. The molecule has 152 valence electrons. The van der Waals surface area contributed by atoms with Crippen LogP contribution in [0.15, 0.2) is 40.4 Å². The summed E-state index contributed by atoms with van der Waals surface area (Å²) in [6.45, 7) is 3.00. The van der Waals surface area contributed by atoms with Crippen LogP contribution in [-0.2, 0) is 9.59 Å². The number of carbonyl (C=O) groups is 3. The van der Waals surface area contributed by atoms with Gasteiger partial charge in [-0.25, -0.2) is 5.01 Å². The number of amidine groups is 1. The number of carbonyl (C=O) groups excluding carboxylic acids is 3. The fourth-order valence-corrected chi connectivity index (χ4v) is 4.83. The smallest absolute Gasteiger partial charge is 0.286 e. The molecule has 0 bridgehead atoms. The molecule has 10 heteroatoms. The number of aliphatic imine (C=N–C) groups is 1. The van der Waals surface area contributed by atoms with Crippen LogP contribution in [0.5, 0.6) is 0 Å². The quantitative estimate of drug-likeness (QED) is 0.717. The molecule has 5 rings (SSSR count). The van der Waals surface area contributed by atoms with E-state index in [0.717, 1.165) is 16.9 Å². The SMILES string of the molecule is C/C(=N\N1CC(=O)Nc2c(sc3c2C2=NCCN2CC(=O)N3)C1=O)c1ccccc1. The number of hydrazone groups is 1. The molecular formula is C20H18N6O3S. The molecule has 0 spiro atoms. The summed E-state index contributed by atoms with van der Waals surface area (Å²) < 4.78 is 0. The standard InChI is InChI=1S/C20H18N6O3S/c1-11(12-5-3-2-4-6-12)24-26-10-14(28)22-16-15-18-21-7-8-25(18)9-13(27)23-19(15)30-17(16)20(26)29/h2-6H,7-10H2,1H3,(H,22,28)(H,23,27)/b24-11+. The molecule has 1 aromatic heterocycles. The number of anilines is 2. The third kappa shape index (κ3) is 3.05. The number of fused-ring (bicyclic) bond motifs is 5. The van der Waals surface area contributed by atoms with Crippen LogP contribution in [0.3, 0.4) is 0 Å². The summed E-state index contributed by atoms with van der Waals surface area (Å²) in [7, 11) is 0. The van der Waals surface area contributed by atoms with Gasteiger partial charge in [-0.15, -0.1) is 11.3 Å². The highest BCUT2D eigenvalue weighted by Gasteiger charge is 2.38. The lowest BCUT2D eigenvalue weighted by molar-refractivity contribution is -0.117. The number of hydrogen-bond donors (Lipinski definition) is 2. The Kier molecular flexibility index (Phi) is 4.35. The van der Waals surface area contributed by atoms with Gasteiger partial charge in [0.15, 0.2) is 0 Å². The first kappa shape index (κ1) is 18.5. The summed E-state index contributed by atoms with van der Waals surface area (Å²) in [4.78, 5) is 44.9. The van der Waals surface area contributed by atoms with Crippen LogP contribution in [0, 0.1) is 0 Å². The Morgan fingerprint density at radius 1 is 1.10 bits per heavy atom. The predicted octanol–water partition coefficient (Wildman–Crippen LogP) is 1.58. The van der Waals surface area contributed by atoms with Gasteiger partial charge in [0, 0.05) is 6.54 Å². The van der Waals surface area contributed by atoms with E-state index in [4.69, 9.17) is 0 Å². The molecule has 30 heavy (non-hydrogen) atoms. The second-order valence-corrected chi connectivity index (χ2v) is 8.17. The van der Waals surface area contributed by atoms with Gasteiger partial charge in [-0.2, -0.15) is 5.10 Å². The molecule has 0 fully saturated rings. The molecule has 2 N–H and O–H groups in total. The minimum atomic E-state index is -0.392. The maximum atomic E-state index is 13.3. The Morgan fingerprint density at radius 3 is 2.67 bits per heavy atom. The zero-order valence-electron chi connectivity index (χ0n) is 16.1. The topological polar surface area (TPSA) is 106 Å². The number of rotatable bonds is 2. The average molecular weight is 422 g/mol. The highest BCUT2D eigenvalue weighted by Crippen LogP contribution is 2.42. The molecule has 0 atom stereocenters. The van der Waals surface area contributed by atoms with Crippen molar-refractivity contribution in [3.05, 3.63) is 46.3 Å². The molecule has 3 aliphatic rings. The average Bonchev–Trinajstić information content (AvgIpc) is 3.25. The summed E-state index contributed by atoms with van der Waals surface area (Å²) in [6, 6.07) is 9.45. The number of nitrogens with one attached hydrogen (secondary N) is 2. The Balaban J connectivity index is 1.58. The van der Waals surface area contributed by atoms with Gasteiger partial charge in [-0.3, -0.25) is 19.4 Å². The largest absolute Gasteiger partial charge is 0.345 e. The maximum Gasteiger partial charge on any atom is 0.286 e. The molecular weight excluding hydrogens is 404 g/mol. The summed E-state index contributed by atoms with van der Waals surface area (Å²) in [6.07, 6.45) is 0. The monoisotopic (exact) mass is 422 g/mol. The third-order valence-corrected chi connectivity index (χ3v) is 6.19. The molecule has 3 amide bonds. The van der Waals surface area contributed by atoms with E-state index in [9.17, 15) is 14.4 Å². The zero-order valence-corrected chi connectivity index (χ0v) is 17.0. The first-order valence-electron chi connectivity index (χ1n) is 9.50. The van der Waals surface area contributed by atoms with Crippen molar-refractivity contribution in [2.75, 3.05) is 36.8 Å². The summed E-state index contributed by atoms with van der Waals surface area (Å²) in [5, 5.41) is 11.8. The lowest BCUT2D eigenvalue weighted by atomic mass is 10.1. The second-order valence-electron chi connectivity index (χ2n) is 7.15. The minimum Gasteiger partial charge on any atom is -0.345 e. The van der Waals surface area contributed by atoms with Crippen LogP contribution < -0.4 is 10.6 Å². The Morgan fingerprint density at radius 2 is 1.87 bits per heavy atom. The molecule has 0 aliphatic carbocycles. The van der Waals surface area contributed by atoms with E-state index in [1.807, 2.05) is 35.2 Å². The van der Waals surface area contributed by atoms with Gasteiger partial charge < -0.3 is 15.5 Å². The van der Waals surface area contributed by atoms with Crippen LogP contribution in [-0.4, -0.2) is 65.4 Å². The van der Waals surface area contributed by atoms with Crippen molar-refractivity contribution in [2.24, 2.45) is 10.1 Å². The highest BCUT2D eigenvalue weighted by atomic mass is 32.1. The molecule has 0 saturated heterocycles. The van der Waals surface area contributed by atoms with Crippen molar-refractivity contribution in [2.45, 2.75) is 6.92 Å². The van der Waals surface area contributed by atoms with Gasteiger partial charge >= 0.3 is 0 Å². The fraction of sp³-hybridized carbons (Fsp3) is 0.250. The van der Waals surface area contributed by atoms with Crippen molar-refractivity contribution >= 4 is 51.3 Å². The number of hydrogen-bond acceptors (Lipinski definition) is 7. The molecule has 4 heterocycles. The first-order chi connectivity index (χ1) is 14.5. The van der Waals surface area contributed by atoms with Crippen molar-refractivity contribution in [1.29, 1.82) is 0 Å². The van der Waals surface area contributed by atoms with E-state index in [2.05, 4.69) is 20.7 Å². The second kappa shape index (κ2) is 7.06. The maximum absolute atomic E-state index is 13.3. The van der Waals surface area contributed by atoms with E-state index in [1.54, 1.807) is 6.92 Å². The molecule has 0 unspecified atom stereocenters. The van der Waals surface area contributed by atoms with Crippen LogP contribution in [0.1, 0.15) is 27.7 Å². The Bertz CT molecular complexity index is 1140. The zero-order chi connectivity index (χ0) is 20.8. The van der Waals surface area contributed by atoms with Crippen LogP contribution in [0.25, 0.3) is 0 Å². The van der Waals surface area contributed by atoms with Gasteiger partial charge in [0.1, 0.15) is 22.3 Å². The first-order valence-corrected chi connectivity index (χ1v) is 10.3. The van der Waals surface area contributed by atoms with Crippen molar-refractivity contribution in [3.63, 3.8) is 0 Å². The third-order valence-electron chi connectivity index (χ3n) is 5.10. The van der Waals surface area contributed by atoms with E-state index in [1.165, 1.54) is 5.01 Å². The lowest BCUT2D eigenvalue weighted by Gasteiger charge is -2.16. The number of thiophene rings is 1. The van der Waals surface area contributed by atoms with E-state index < -0.39 is 5.91 Å². The van der Waals surface area contributed by atoms with Crippen molar-refractivity contribution in [1.82, 2.24) is 9.91 Å². The minimum absolute atomic E-state index is 0.173. The Hall–Kier alpha value is -3.53. The molecule has 3 aliphatic heterocycles. The van der Waals surface area contributed by atoms with Crippen LogP contribution in [0.2, 0.25) is 0 Å². The number of benzene rings is 1. The van der Waals surface area contributed by atoms with Gasteiger partial charge in [-0.05, 0) is 12.5 Å². The summed E-state index contributed by atoms with van der Waals surface area (Å²) in [5.74, 6) is -0.288. The van der Waals surface area contributed by atoms with Gasteiger partial charge in [0.25, 0.3) is 5.91 Å². The summed E-state index contributed by atoms with van der Waals surface area (Å²) in [5.41, 5.74) is 2.48. The molecule has 9 nitrogen and oxygen atoms in total. The predicted molar refractivity (Wildman–Crippen MR) is 114 cm³/mol. The normalized spacial score (nSPS) is 18.6. The molecule has 0 saturated carbocycles. The number of nitrogens with zero attached hydrogens (tertiary/aromatic N) is 4. The molecule has 1 aromatic carbocycles. The van der Waals surface area contributed by atoms with Crippen molar-refractivity contribution in [3.8, 4) is 0 Å². The van der Waals surface area contributed by atoms with Gasteiger partial charge in [0.05, 0.1) is 30.1 Å². The van der Waals surface area contributed by atoms with E-state index >= 15 is 0 Å². The van der Waals surface area contributed by atoms with Crippen molar-refractivity contribution < 1.29 is 14.4 Å². The van der Waals surface area contributed by atoms with Gasteiger partial charge in [-0.1, -0.05) is 30.3 Å². The van der Waals surface area contributed by atoms with Crippen LogP contribution in [0.4, 0.5) is 10.7 Å². The van der Waals surface area contributed by atoms with E-state index in [-0.39, 0.29) is 24.9 Å². The molecule has 2 aromatic rings. The Labute approximate surface area is 176 Å². The lowest BCUT2D eigenvalue weighted by Crippen LogP contribution is -2.33. The molecule has 0 radical (unpaired) electrons. The van der Waals surface area contributed by atoms with Gasteiger partial charge in [0.2, 0.25) is 11.8 Å². The van der Waals surface area contributed by atoms with E-state index in [0.29, 0.717) is 45.8 Å².